The summed E-state index contributed by atoms with van der Waals surface area (Å²) in [6, 6.07) is 13.2. The van der Waals surface area contributed by atoms with E-state index in [-0.39, 0.29) is 17.1 Å². The summed E-state index contributed by atoms with van der Waals surface area (Å²) in [5.41, 5.74) is 3.44. The number of thioether (sulfide) groups is 1. The number of benzene rings is 2. The number of nitrogens with zero attached hydrogens (tertiary/aromatic N) is 4. The van der Waals surface area contributed by atoms with E-state index in [1.54, 1.807) is 17.7 Å². The molecule has 0 aliphatic heterocycles. The summed E-state index contributed by atoms with van der Waals surface area (Å²) < 4.78 is 8.63. The minimum Gasteiger partial charge on any atom is -0.385 e. The lowest BCUT2D eigenvalue weighted by atomic mass is 10.0. The maximum atomic E-state index is 13.0. The molecule has 4 aromatic rings. The van der Waals surface area contributed by atoms with Crippen LogP contribution < -0.4 is 5.56 Å². The molecule has 0 unspecified atom stereocenters. The van der Waals surface area contributed by atoms with E-state index in [1.807, 2.05) is 54.6 Å². The van der Waals surface area contributed by atoms with Crippen LogP contribution in [0.5, 0.6) is 0 Å². The SMILES string of the molecule is COCCCn1c(=O)c2ccccc2n2c(SCC(=O)c3ccc(C)cc3C)nnc12. The number of rotatable bonds is 8. The van der Waals surface area contributed by atoms with Crippen molar-refractivity contribution in [3.8, 4) is 0 Å². The van der Waals surface area contributed by atoms with E-state index in [9.17, 15) is 9.59 Å². The van der Waals surface area contributed by atoms with Crippen LogP contribution in [0.2, 0.25) is 0 Å². The number of ketones is 1. The van der Waals surface area contributed by atoms with Gasteiger partial charge in [0.1, 0.15) is 0 Å². The third-order valence-electron chi connectivity index (χ3n) is 5.22. The average Bonchev–Trinajstić information content (AvgIpc) is 3.18. The second kappa shape index (κ2) is 9.03. The van der Waals surface area contributed by atoms with Gasteiger partial charge in [-0.25, -0.2) is 0 Å². The van der Waals surface area contributed by atoms with Crippen LogP contribution in [-0.4, -0.2) is 44.4 Å². The number of para-hydroxylation sites is 1. The highest BCUT2D eigenvalue weighted by Crippen LogP contribution is 2.23. The number of methoxy groups -OCH3 is 1. The van der Waals surface area contributed by atoms with Crippen molar-refractivity contribution in [2.45, 2.75) is 32.0 Å². The standard InChI is InChI=1S/C23H24N4O3S/c1-15-9-10-17(16(2)13-15)20(28)14-31-23-25-24-22-26(11-6-12-30-3)21(29)18-7-4-5-8-19(18)27(22)23/h4-5,7-10,13H,6,11-12,14H2,1-3H3. The molecule has 0 radical (unpaired) electrons. The Bertz CT molecular complexity index is 1330. The van der Waals surface area contributed by atoms with E-state index in [1.165, 1.54) is 11.8 Å². The Hall–Kier alpha value is -2.97. The molecule has 7 nitrogen and oxygen atoms in total. The molecular weight excluding hydrogens is 412 g/mol. The molecule has 0 fully saturated rings. The lowest BCUT2D eigenvalue weighted by molar-refractivity contribution is 0.102. The van der Waals surface area contributed by atoms with Crippen molar-refractivity contribution >= 4 is 34.2 Å². The molecule has 0 saturated carbocycles. The normalized spacial score (nSPS) is 11.5. The fourth-order valence-corrected chi connectivity index (χ4v) is 4.55. The number of carbonyl (C=O) groups is 1. The smallest absolute Gasteiger partial charge is 0.262 e. The van der Waals surface area contributed by atoms with Crippen molar-refractivity contribution < 1.29 is 9.53 Å². The molecule has 4 rings (SSSR count). The van der Waals surface area contributed by atoms with Crippen molar-refractivity contribution in [2.75, 3.05) is 19.5 Å². The van der Waals surface area contributed by atoms with Gasteiger partial charge in [-0.1, -0.05) is 47.7 Å². The van der Waals surface area contributed by atoms with Gasteiger partial charge >= 0.3 is 0 Å². The fraction of sp³-hybridized carbons (Fsp3) is 0.304. The van der Waals surface area contributed by atoms with Gasteiger partial charge in [0.25, 0.3) is 5.56 Å². The third-order valence-corrected chi connectivity index (χ3v) is 6.15. The largest absolute Gasteiger partial charge is 0.385 e. The van der Waals surface area contributed by atoms with Crippen LogP contribution in [0.4, 0.5) is 0 Å². The molecule has 8 heteroatoms. The molecule has 0 aliphatic carbocycles. The maximum absolute atomic E-state index is 13.0. The molecule has 2 aromatic heterocycles. The highest BCUT2D eigenvalue weighted by atomic mass is 32.2. The Morgan fingerprint density at radius 2 is 1.94 bits per heavy atom. The van der Waals surface area contributed by atoms with Crippen LogP contribution in [0.3, 0.4) is 0 Å². The highest BCUT2D eigenvalue weighted by Gasteiger charge is 2.18. The number of aryl methyl sites for hydroxylation is 3. The lowest BCUT2D eigenvalue weighted by Crippen LogP contribution is -2.24. The summed E-state index contributed by atoms with van der Waals surface area (Å²) in [7, 11) is 1.64. The van der Waals surface area contributed by atoms with Crippen LogP contribution >= 0.6 is 11.8 Å². The van der Waals surface area contributed by atoms with E-state index in [0.29, 0.717) is 41.5 Å². The van der Waals surface area contributed by atoms with Gasteiger partial charge in [-0.2, -0.15) is 0 Å². The number of aromatic nitrogens is 4. The first-order valence-corrected chi connectivity index (χ1v) is 11.1. The van der Waals surface area contributed by atoms with Gasteiger partial charge in [0, 0.05) is 25.8 Å². The first-order chi connectivity index (χ1) is 15.0. The van der Waals surface area contributed by atoms with Crippen LogP contribution in [0, 0.1) is 13.8 Å². The van der Waals surface area contributed by atoms with Gasteiger partial charge in [0.15, 0.2) is 10.9 Å². The minimum atomic E-state index is -0.102. The minimum absolute atomic E-state index is 0.0389. The predicted octanol–water partition coefficient (Wildman–Crippen LogP) is 3.67. The Morgan fingerprint density at radius 1 is 1.13 bits per heavy atom. The first kappa shape index (κ1) is 21.3. The van der Waals surface area contributed by atoms with Crippen molar-refractivity contribution in [1.29, 1.82) is 0 Å². The van der Waals surface area contributed by atoms with Gasteiger partial charge in [0.05, 0.1) is 16.7 Å². The molecule has 2 aromatic carbocycles. The van der Waals surface area contributed by atoms with Crippen LogP contribution in [0.15, 0.2) is 52.4 Å². The number of ether oxygens (including phenoxy) is 1. The summed E-state index contributed by atoms with van der Waals surface area (Å²) in [6.45, 7) is 4.98. The Balaban J connectivity index is 1.72. The molecule has 160 valence electrons. The Labute approximate surface area is 184 Å². The van der Waals surface area contributed by atoms with E-state index in [4.69, 9.17) is 4.74 Å². The second-order valence-electron chi connectivity index (χ2n) is 7.47. The second-order valence-corrected chi connectivity index (χ2v) is 8.41. The maximum Gasteiger partial charge on any atom is 0.262 e. The van der Waals surface area contributed by atoms with E-state index >= 15 is 0 Å². The van der Waals surface area contributed by atoms with Gasteiger partial charge in [-0.3, -0.25) is 18.6 Å². The summed E-state index contributed by atoms with van der Waals surface area (Å²) in [5, 5.41) is 9.78. The molecule has 2 heterocycles. The fourth-order valence-electron chi connectivity index (χ4n) is 3.73. The molecule has 0 N–H and O–H groups in total. The number of hydrogen-bond donors (Lipinski definition) is 0. The molecule has 0 bridgehead atoms. The molecule has 0 saturated heterocycles. The topological polar surface area (TPSA) is 78.5 Å². The summed E-state index contributed by atoms with van der Waals surface area (Å²) in [4.78, 5) is 25.9. The van der Waals surface area contributed by atoms with Crippen LogP contribution in [-0.2, 0) is 11.3 Å². The highest BCUT2D eigenvalue weighted by molar-refractivity contribution is 7.99. The lowest BCUT2D eigenvalue weighted by Gasteiger charge is -2.11. The predicted molar refractivity (Wildman–Crippen MR) is 122 cm³/mol. The molecular formula is C23H24N4O3S. The van der Waals surface area contributed by atoms with Gasteiger partial charge in [-0.05, 0) is 38.0 Å². The quantitative estimate of drug-likeness (QED) is 0.238. The van der Waals surface area contributed by atoms with Gasteiger partial charge in [-0.15, -0.1) is 10.2 Å². The zero-order valence-corrected chi connectivity index (χ0v) is 18.6. The van der Waals surface area contributed by atoms with Gasteiger partial charge in [0.2, 0.25) is 5.78 Å². The molecule has 0 aliphatic rings. The summed E-state index contributed by atoms with van der Waals surface area (Å²) in [6.07, 6.45) is 0.685. The van der Waals surface area contributed by atoms with Crippen molar-refractivity contribution in [1.82, 2.24) is 19.2 Å². The van der Waals surface area contributed by atoms with Gasteiger partial charge < -0.3 is 4.74 Å². The van der Waals surface area contributed by atoms with Crippen LogP contribution in [0.1, 0.15) is 27.9 Å². The van der Waals surface area contributed by atoms with Crippen molar-refractivity contribution in [3.05, 3.63) is 69.5 Å². The zero-order chi connectivity index (χ0) is 22.0. The molecule has 31 heavy (non-hydrogen) atoms. The number of carbonyl (C=O) groups excluding carboxylic acids is 1. The van der Waals surface area contributed by atoms with Crippen molar-refractivity contribution in [3.63, 3.8) is 0 Å². The Kier molecular flexibility index (Phi) is 6.20. The van der Waals surface area contributed by atoms with Crippen LogP contribution in [0.25, 0.3) is 16.7 Å². The Morgan fingerprint density at radius 3 is 2.71 bits per heavy atom. The zero-order valence-electron chi connectivity index (χ0n) is 17.8. The molecule has 0 atom stereocenters. The van der Waals surface area contributed by atoms with E-state index in [0.717, 1.165) is 16.6 Å². The third kappa shape index (κ3) is 4.13. The van der Waals surface area contributed by atoms with Crippen molar-refractivity contribution in [2.24, 2.45) is 0 Å². The van der Waals surface area contributed by atoms with E-state index < -0.39 is 0 Å². The number of hydrogen-bond acceptors (Lipinski definition) is 6. The number of Topliss-reactive ketones (excluding diaryl/α,β-unsaturated/α-hetero) is 1. The van der Waals surface area contributed by atoms with E-state index in [2.05, 4.69) is 10.2 Å². The molecule has 0 amide bonds. The first-order valence-electron chi connectivity index (χ1n) is 10.1. The molecule has 0 spiro atoms. The number of fused-ring (bicyclic) bond motifs is 3. The summed E-state index contributed by atoms with van der Waals surface area (Å²) in [5.74, 6) is 0.750. The summed E-state index contributed by atoms with van der Waals surface area (Å²) >= 11 is 1.33. The monoisotopic (exact) mass is 436 g/mol. The average molecular weight is 437 g/mol.